The molecule has 0 bridgehead atoms. The fraction of sp³-hybridized carbons (Fsp3) is 0.227. The standard InChI is InChI=1S/C22H19FN4O2S/c23-15-6-8-17(9-7-15)27-21(18-12-30-13-19(18)25-27)24-22(29)14-10-20(28)26(11-14)16-4-2-1-3-5-16/h1-9,14H,10-13H2,(H,24,29). The first-order valence-electron chi connectivity index (χ1n) is 9.71. The van der Waals surface area contributed by atoms with Crippen LogP contribution in [0, 0.1) is 11.7 Å². The third-order valence-corrected chi connectivity index (χ3v) is 6.40. The Kier molecular flexibility index (Phi) is 4.78. The normalized spacial score (nSPS) is 18.0. The molecule has 1 fully saturated rings. The number of anilines is 2. The van der Waals surface area contributed by atoms with E-state index < -0.39 is 5.92 Å². The predicted molar refractivity (Wildman–Crippen MR) is 114 cm³/mol. The molecule has 1 N–H and O–H groups in total. The fourth-order valence-corrected chi connectivity index (χ4v) is 4.90. The number of nitrogens with one attached hydrogen (secondary N) is 1. The largest absolute Gasteiger partial charge is 0.312 e. The summed E-state index contributed by atoms with van der Waals surface area (Å²) in [4.78, 5) is 27.2. The summed E-state index contributed by atoms with van der Waals surface area (Å²) in [6, 6.07) is 15.4. The van der Waals surface area contributed by atoms with Gasteiger partial charge in [-0.2, -0.15) is 16.9 Å². The van der Waals surface area contributed by atoms with Crippen LogP contribution in [-0.4, -0.2) is 28.1 Å². The summed E-state index contributed by atoms with van der Waals surface area (Å²) in [5.41, 5.74) is 3.39. The maximum atomic E-state index is 13.4. The average molecular weight is 422 g/mol. The lowest BCUT2D eigenvalue weighted by atomic mass is 10.1. The first kappa shape index (κ1) is 18.9. The summed E-state index contributed by atoms with van der Waals surface area (Å²) in [7, 11) is 0. The lowest BCUT2D eigenvalue weighted by molar-refractivity contribution is -0.122. The van der Waals surface area contributed by atoms with Crippen LogP contribution in [0.4, 0.5) is 15.9 Å². The molecule has 30 heavy (non-hydrogen) atoms. The zero-order chi connectivity index (χ0) is 20.7. The van der Waals surface area contributed by atoms with E-state index in [9.17, 15) is 14.0 Å². The molecule has 0 aliphatic carbocycles. The van der Waals surface area contributed by atoms with Crippen molar-refractivity contribution >= 4 is 35.1 Å². The van der Waals surface area contributed by atoms with E-state index in [1.54, 1.807) is 33.5 Å². The lowest BCUT2D eigenvalue weighted by Crippen LogP contribution is -2.28. The Hall–Kier alpha value is -3.13. The summed E-state index contributed by atoms with van der Waals surface area (Å²) >= 11 is 1.74. The number of nitrogens with zero attached hydrogens (tertiary/aromatic N) is 3. The van der Waals surface area contributed by atoms with Crippen LogP contribution in [0.1, 0.15) is 17.7 Å². The second kappa shape index (κ2) is 7.60. The highest BCUT2D eigenvalue weighted by Crippen LogP contribution is 2.36. The van der Waals surface area contributed by atoms with Crippen molar-refractivity contribution in [1.29, 1.82) is 0 Å². The van der Waals surface area contributed by atoms with Gasteiger partial charge >= 0.3 is 0 Å². The molecular weight excluding hydrogens is 403 g/mol. The van der Waals surface area contributed by atoms with Crippen molar-refractivity contribution in [2.45, 2.75) is 17.9 Å². The van der Waals surface area contributed by atoms with E-state index in [1.165, 1.54) is 12.1 Å². The molecule has 0 saturated carbocycles. The van der Waals surface area contributed by atoms with E-state index in [2.05, 4.69) is 10.4 Å². The van der Waals surface area contributed by atoms with Crippen LogP contribution in [-0.2, 0) is 21.1 Å². The van der Waals surface area contributed by atoms with Gasteiger partial charge < -0.3 is 10.2 Å². The molecule has 5 rings (SSSR count). The van der Waals surface area contributed by atoms with Crippen molar-refractivity contribution in [2.24, 2.45) is 5.92 Å². The number of thioether (sulfide) groups is 1. The molecule has 2 aliphatic rings. The Bertz CT molecular complexity index is 1110. The number of amides is 2. The third-order valence-electron chi connectivity index (χ3n) is 5.43. The number of carbonyl (C=O) groups excluding carboxylic acids is 2. The van der Waals surface area contributed by atoms with Crippen molar-refractivity contribution in [1.82, 2.24) is 9.78 Å². The minimum atomic E-state index is -0.445. The van der Waals surface area contributed by atoms with E-state index in [4.69, 9.17) is 0 Å². The molecule has 3 aromatic rings. The highest BCUT2D eigenvalue weighted by atomic mass is 32.2. The van der Waals surface area contributed by atoms with Crippen LogP contribution in [0.2, 0.25) is 0 Å². The van der Waals surface area contributed by atoms with E-state index in [0.29, 0.717) is 18.1 Å². The molecule has 1 aromatic heterocycles. The van der Waals surface area contributed by atoms with Crippen LogP contribution in [0.3, 0.4) is 0 Å². The molecule has 152 valence electrons. The van der Waals surface area contributed by atoms with Crippen LogP contribution in [0.25, 0.3) is 5.69 Å². The molecule has 1 unspecified atom stereocenters. The topological polar surface area (TPSA) is 67.2 Å². The Morgan fingerprint density at radius 1 is 1.07 bits per heavy atom. The second-order valence-electron chi connectivity index (χ2n) is 7.39. The van der Waals surface area contributed by atoms with Crippen LogP contribution in [0.15, 0.2) is 54.6 Å². The fourth-order valence-electron chi connectivity index (χ4n) is 3.87. The van der Waals surface area contributed by atoms with Gasteiger partial charge in [0.25, 0.3) is 0 Å². The molecule has 3 heterocycles. The maximum absolute atomic E-state index is 13.4. The quantitative estimate of drug-likeness (QED) is 0.695. The molecule has 0 spiro atoms. The lowest BCUT2D eigenvalue weighted by Gasteiger charge is -2.17. The molecule has 8 heteroatoms. The van der Waals surface area contributed by atoms with Gasteiger partial charge in [-0.3, -0.25) is 9.59 Å². The van der Waals surface area contributed by atoms with Crippen LogP contribution in [0.5, 0.6) is 0 Å². The van der Waals surface area contributed by atoms with E-state index >= 15 is 0 Å². The number of fused-ring (bicyclic) bond motifs is 1. The van der Waals surface area contributed by atoms with Gasteiger partial charge in [0.1, 0.15) is 11.6 Å². The van der Waals surface area contributed by atoms with Crippen molar-refractivity contribution < 1.29 is 14.0 Å². The van der Waals surface area contributed by atoms with E-state index in [0.717, 1.165) is 28.5 Å². The first-order chi connectivity index (χ1) is 14.6. The molecular formula is C22H19FN4O2S. The number of halogens is 1. The second-order valence-corrected chi connectivity index (χ2v) is 8.37. The van der Waals surface area contributed by atoms with Gasteiger partial charge in [-0.05, 0) is 36.4 Å². The molecule has 2 amide bonds. The summed E-state index contributed by atoms with van der Waals surface area (Å²) in [5.74, 6) is 1.10. The Morgan fingerprint density at radius 2 is 1.83 bits per heavy atom. The number of carbonyl (C=O) groups is 2. The molecule has 1 saturated heterocycles. The molecule has 2 aliphatic heterocycles. The van der Waals surface area contributed by atoms with Crippen molar-refractivity contribution in [3.05, 3.63) is 71.7 Å². The zero-order valence-corrected chi connectivity index (χ0v) is 16.9. The van der Waals surface area contributed by atoms with E-state index in [1.807, 2.05) is 30.3 Å². The summed E-state index contributed by atoms with van der Waals surface area (Å²) in [6.45, 7) is 0.344. The number of aromatic nitrogens is 2. The summed E-state index contributed by atoms with van der Waals surface area (Å²) in [6.07, 6.45) is 0.169. The van der Waals surface area contributed by atoms with Crippen LogP contribution >= 0.6 is 11.8 Å². The number of para-hydroxylation sites is 1. The van der Waals surface area contributed by atoms with Gasteiger partial charge in [-0.15, -0.1) is 0 Å². The van der Waals surface area contributed by atoms with Crippen LogP contribution < -0.4 is 10.2 Å². The summed E-state index contributed by atoms with van der Waals surface area (Å²) < 4.78 is 15.0. The molecule has 6 nitrogen and oxygen atoms in total. The Balaban J connectivity index is 1.40. The van der Waals surface area contributed by atoms with Gasteiger partial charge in [0, 0.05) is 35.7 Å². The maximum Gasteiger partial charge on any atom is 0.230 e. The monoisotopic (exact) mass is 422 g/mol. The predicted octanol–water partition coefficient (Wildman–Crippen LogP) is 3.75. The van der Waals surface area contributed by atoms with Crippen molar-refractivity contribution in [3.63, 3.8) is 0 Å². The molecule has 0 radical (unpaired) electrons. The van der Waals surface area contributed by atoms with Crippen molar-refractivity contribution in [2.75, 3.05) is 16.8 Å². The number of hydrogen-bond donors (Lipinski definition) is 1. The highest BCUT2D eigenvalue weighted by Gasteiger charge is 2.36. The molecule has 2 aromatic carbocycles. The highest BCUT2D eigenvalue weighted by molar-refractivity contribution is 7.98. The SMILES string of the molecule is O=C(Nc1c2c(nn1-c1ccc(F)cc1)CSC2)C1CC(=O)N(c2ccccc2)C1. The van der Waals surface area contributed by atoms with Gasteiger partial charge in [0.2, 0.25) is 11.8 Å². The van der Waals surface area contributed by atoms with E-state index in [-0.39, 0.29) is 24.1 Å². The third kappa shape index (κ3) is 3.37. The Labute approximate surface area is 177 Å². The van der Waals surface area contributed by atoms with Gasteiger partial charge in [0.15, 0.2) is 0 Å². The number of hydrogen-bond acceptors (Lipinski definition) is 4. The number of rotatable bonds is 4. The average Bonchev–Trinajstić information content (AvgIpc) is 3.45. The smallest absolute Gasteiger partial charge is 0.230 e. The van der Waals surface area contributed by atoms with Gasteiger partial charge in [-0.1, -0.05) is 18.2 Å². The minimum absolute atomic E-state index is 0.0609. The molecule has 1 atom stereocenters. The number of benzene rings is 2. The van der Waals surface area contributed by atoms with Gasteiger partial charge in [0.05, 0.1) is 17.3 Å². The van der Waals surface area contributed by atoms with Gasteiger partial charge in [-0.25, -0.2) is 9.07 Å². The van der Waals surface area contributed by atoms with Crippen molar-refractivity contribution in [3.8, 4) is 5.69 Å². The Morgan fingerprint density at radius 3 is 2.60 bits per heavy atom. The first-order valence-corrected chi connectivity index (χ1v) is 10.9. The summed E-state index contributed by atoms with van der Waals surface area (Å²) in [5, 5.41) is 7.64. The minimum Gasteiger partial charge on any atom is -0.312 e. The zero-order valence-electron chi connectivity index (χ0n) is 16.0.